The molecule has 2 aliphatic rings. The molecule has 2 aromatic carbocycles. The van der Waals surface area contributed by atoms with Gasteiger partial charge in [-0.3, -0.25) is 9.69 Å². The van der Waals surface area contributed by atoms with Gasteiger partial charge in [0.15, 0.2) is 9.84 Å². The lowest BCUT2D eigenvalue weighted by atomic mass is 9.77. The number of hydrogen-bond acceptors (Lipinski definition) is 7. The number of piperidine rings is 1. The molecular weight excluding hydrogens is 664 g/mol. The SMILES string of the molecule is COc1cc(S(C)(=O)=O)c(F)cc1NCC#Cc1cc(C(=O)N[C@]2(C)CCN(C3CC(F)(F)C3)C[C@@H]2C)c2ncn(CC(F)(F)F)c2c1. The van der Waals surface area contributed by atoms with E-state index in [9.17, 15) is 39.6 Å². The van der Waals surface area contributed by atoms with Crippen molar-refractivity contribution in [2.24, 2.45) is 5.92 Å². The number of anilines is 1. The summed E-state index contributed by atoms with van der Waals surface area (Å²) in [6.07, 6.45) is -2.60. The van der Waals surface area contributed by atoms with Crippen molar-refractivity contribution in [1.29, 1.82) is 0 Å². The van der Waals surface area contributed by atoms with Crippen molar-refractivity contribution in [3.63, 3.8) is 0 Å². The molecule has 48 heavy (non-hydrogen) atoms. The normalized spacial score (nSPS) is 21.7. The van der Waals surface area contributed by atoms with Crippen LogP contribution in [0.4, 0.5) is 32.0 Å². The highest BCUT2D eigenvalue weighted by molar-refractivity contribution is 7.90. The maximum atomic E-state index is 14.5. The third-order valence-corrected chi connectivity index (χ3v) is 10.2. The number of methoxy groups -OCH3 is 1. The second-order valence-corrected chi connectivity index (χ2v) is 14.7. The number of rotatable bonds is 8. The van der Waals surface area contributed by atoms with E-state index in [-0.39, 0.29) is 64.9 Å². The Labute approximate surface area is 273 Å². The highest BCUT2D eigenvalue weighted by Gasteiger charge is 2.50. The molecule has 1 aliphatic heterocycles. The lowest BCUT2D eigenvalue weighted by molar-refractivity contribution is -0.140. The van der Waals surface area contributed by atoms with Gasteiger partial charge in [0.25, 0.3) is 11.8 Å². The molecule has 9 nitrogen and oxygen atoms in total. The van der Waals surface area contributed by atoms with Gasteiger partial charge in [-0.1, -0.05) is 18.8 Å². The number of hydrogen-bond donors (Lipinski definition) is 2. The quantitative estimate of drug-likeness (QED) is 0.245. The molecule has 0 unspecified atom stereocenters. The van der Waals surface area contributed by atoms with E-state index in [1.807, 2.05) is 18.7 Å². The first-order chi connectivity index (χ1) is 22.3. The zero-order chi connectivity index (χ0) is 35.2. The fourth-order valence-corrected chi connectivity index (χ4v) is 6.87. The van der Waals surface area contributed by atoms with E-state index < -0.39 is 50.6 Å². The summed E-state index contributed by atoms with van der Waals surface area (Å²) >= 11 is 0. The van der Waals surface area contributed by atoms with E-state index in [2.05, 4.69) is 27.5 Å². The van der Waals surface area contributed by atoms with E-state index in [0.29, 0.717) is 19.5 Å². The maximum Gasteiger partial charge on any atom is 0.406 e. The molecule has 0 spiro atoms. The van der Waals surface area contributed by atoms with Crippen LogP contribution in [-0.2, 0) is 16.4 Å². The molecule has 2 fully saturated rings. The van der Waals surface area contributed by atoms with Gasteiger partial charge in [-0.05, 0) is 31.4 Å². The molecule has 1 aromatic heterocycles. The van der Waals surface area contributed by atoms with Crippen molar-refractivity contribution in [1.82, 2.24) is 19.8 Å². The van der Waals surface area contributed by atoms with Crippen molar-refractivity contribution in [2.45, 2.75) is 68.2 Å². The van der Waals surface area contributed by atoms with Gasteiger partial charge in [0.2, 0.25) is 0 Å². The van der Waals surface area contributed by atoms with Gasteiger partial charge >= 0.3 is 6.18 Å². The predicted molar refractivity (Wildman–Crippen MR) is 166 cm³/mol. The molecule has 2 atom stereocenters. The highest BCUT2D eigenvalue weighted by atomic mass is 32.2. The van der Waals surface area contributed by atoms with Gasteiger partial charge in [-0.15, -0.1) is 0 Å². The first kappa shape index (κ1) is 35.3. The standard InChI is InChI=1S/C32H35F6N5O4S/c1-19-16-42(21-14-31(34,35)15-21)9-7-30(19,2)41-29(44)22-10-20(11-25-28(22)40-18-43(25)17-32(36,37)38)6-5-8-39-24-12-23(33)27(48(4,45)46)13-26(24)47-3/h10-13,18-19,21,39H,7-9,14-17H2,1-4H3,(H,41,44)/t19-,30+/m0/s1. The first-order valence-corrected chi connectivity index (χ1v) is 17.0. The summed E-state index contributed by atoms with van der Waals surface area (Å²) < 4.78 is 111. The van der Waals surface area contributed by atoms with Crippen LogP contribution >= 0.6 is 0 Å². The van der Waals surface area contributed by atoms with Gasteiger partial charge in [0, 0.05) is 61.5 Å². The number of likely N-dealkylation sites (tertiary alicyclic amines) is 1. The molecule has 1 saturated heterocycles. The van der Waals surface area contributed by atoms with Crippen LogP contribution in [0.5, 0.6) is 5.75 Å². The fourth-order valence-electron chi connectivity index (χ4n) is 6.14. The number of benzene rings is 2. The van der Waals surface area contributed by atoms with Gasteiger partial charge in [-0.2, -0.15) is 13.2 Å². The number of aromatic nitrogens is 2. The van der Waals surface area contributed by atoms with Gasteiger partial charge in [-0.25, -0.2) is 26.6 Å². The summed E-state index contributed by atoms with van der Waals surface area (Å²) in [5.74, 6) is 1.32. The topological polar surface area (TPSA) is 106 Å². The van der Waals surface area contributed by atoms with Crippen LogP contribution in [-0.4, -0.2) is 85.5 Å². The molecule has 0 bridgehead atoms. The molecule has 1 amide bonds. The van der Waals surface area contributed by atoms with E-state index in [1.54, 1.807) is 0 Å². The average molecular weight is 700 g/mol. The number of carbonyl (C=O) groups excluding carboxylic acids is 1. The third-order valence-electron chi connectivity index (χ3n) is 9.07. The number of sulfone groups is 1. The van der Waals surface area contributed by atoms with Crippen LogP contribution in [0.25, 0.3) is 11.0 Å². The summed E-state index contributed by atoms with van der Waals surface area (Å²) in [4.78, 5) is 19.4. The van der Waals surface area contributed by atoms with Crippen molar-refractivity contribution in [2.75, 3.05) is 38.3 Å². The molecule has 3 aromatic rings. The van der Waals surface area contributed by atoms with Crippen molar-refractivity contribution >= 4 is 32.5 Å². The number of carbonyl (C=O) groups is 1. The van der Waals surface area contributed by atoms with Crippen molar-refractivity contribution in [3.8, 4) is 17.6 Å². The Hall–Kier alpha value is -3.97. The Morgan fingerprint density at radius 1 is 1.19 bits per heavy atom. The lowest BCUT2D eigenvalue weighted by Gasteiger charge is -2.50. The second kappa shape index (κ2) is 12.8. The van der Waals surface area contributed by atoms with Crippen LogP contribution in [0.2, 0.25) is 0 Å². The van der Waals surface area contributed by atoms with Gasteiger partial charge in [0.1, 0.15) is 28.5 Å². The van der Waals surface area contributed by atoms with Crippen LogP contribution in [0, 0.1) is 23.6 Å². The Kier molecular flexibility index (Phi) is 9.43. The van der Waals surface area contributed by atoms with Crippen LogP contribution < -0.4 is 15.4 Å². The number of nitrogens with one attached hydrogen (secondary N) is 2. The van der Waals surface area contributed by atoms with E-state index in [4.69, 9.17) is 4.74 Å². The lowest BCUT2D eigenvalue weighted by Crippen LogP contribution is -2.62. The van der Waals surface area contributed by atoms with E-state index in [1.165, 1.54) is 19.2 Å². The maximum absolute atomic E-state index is 14.5. The molecule has 16 heteroatoms. The number of fused-ring (bicyclic) bond motifs is 1. The Morgan fingerprint density at radius 3 is 2.50 bits per heavy atom. The first-order valence-electron chi connectivity index (χ1n) is 15.1. The number of ether oxygens (including phenoxy) is 1. The predicted octanol–water partition coefficient (Wildman–Crippen LogP) is 5.24. The summed E-state index contributed by atoms with van der Waals surface area (Å²) in [5.41, 5.74) is -0.292. The Morgan fingerprint density at radius 2 is 1.90 bits per heavy atom. The van der Waals surface area contributed by atoms with Crippen molar-refractivity contribution in [3.05, 3.63) is 47.5 Å². The molecular formula is C32H35F6N5O4S. The summed E-state index contributed by atoms with van der Waals surface area (Å²) in [6, 6.07) is 4.59. The molecule has 0 radical (unpaired) electrons. The molecule has 260 valence electrons. The van der Waals surface area contributed by atoms with Crippen LogP contribution in [0.15, 0.2) is 35.5 Å². The number of halogens is 6. The Balaban J connectivity index is 1.39. The minimum absolute atomic E-state index is 0.0141. The zero-order valence-corrected chi connectivity index (χ0v) is 27.5. The number of imidazole rings is 1. The minimum Gasteiger partial charge on any atom is -0.495 e. The zero-order valence-electron chi connectivity index (χ0n) is 26.6. The summed E-state index contributed by atoms with van der Waals surface area (Å²) in [7, 11) is -2.58. The van der Waals surface area contributed by atoms with Crippen LogP contribution in [0.1, 0.15) is 49.0 Å². The molecule has 1 saturated carbocycles. The smallest absolute Gasteiger partial charge is 0.406 e. The fraction of sp³-hybridized carbons (Fsp3) is 0.500. The van der Waals surface area contributed by atoms with Crippen molar-refractivity contribution < 1.29 is 44.3 Å². The number of alkyl halides is 5. The third kappa shape index (κ3) is 7.67. The average Bonchev–Trinajstić information content (AvgIpc) is 3.35. The summed E-state index contributed by atoms with van der Waals surface area (Å²) in [5, 5.41) is 5.86. The van der Waals surface area contributed by atoms with Crippen LogP contribution in [0.3, 0.4) is 0 Å². The second-order valence-electron chi connectivity index (χ2n) is 12.7. The highest BCUT2D eigenvalue weighted by Crippen LogP contribution is 2.43. The Bertz CT molecular complexity index is 1890. The molecule has 5 rings (SSSR count). The largest absolute Gasteiger partial charge is 0.495 e. The molecule has 2 heterocycles. The number of amides is 1. The molecule has 1 aliphatic carbocycles. The van der Waals surface area contributed by atoms with E-state index >= 15 is 0 Å². The molecule has 2 N–H and O–H groups in total. The van der Waals surface area contributed by atoms with Gasteiger partial charge < -0.3 is 19.9 Å². The number of nitrogens with zero attached hydrogens (tertiary/aromatic N) is 3. The van der Waals surface area contributed by atoms with E-state index in [0.717, 1.165) is 29.3 Å². The van der Waals surface area contributed by atoms with Gasteiger partial charge in [0.05, 0.1) is 36.7 Å². The minimum atomic E-state index is -4.57. The summed E-state index contributed by atoms with van der Waals surface area (Å²) in [6.45, 7) is 3.33. The monoisotopic (exact) mass is 699 g/mol.